The molecule has 3 rings (SSSR count). The summed E-state index contributed by atoms with van der Waals surface area (Å²) in [5.74, 6) is 0.598. The van der Waals surface area contributed by atoms with Gasteiger partial charge in [0.15, 0.2) is 5.78 Å². The van der Waals surface area contributed by atoms with Crippen LogP contribution in [0.25, 0.3) is 0 Å². The van der Waals surface area contributed by atoms with Gasteiger partial charge < -0.3 is 14.4 Å². The summed E-state index contributed by atoms with van der Waals surface area (Å²) >= 11 is 6.24. The molecule has 0 bridgehead atoms. The molecule has 2 aromatic carbocycles. The molecule has 142 valence electrons. The number of carbonyl (C=O) groups is 2. The van der Waals surface area contributed by atoms with Gasteiger partial charge in [0, 0.05) is 35.5 Å². The Labute approximate surface area is 163 Å². The van der Waals surface area contributed by atoms with Gasteiger partial charge in [-0.1, -0.05) is 29.8 Å². The monoisotopic (exact) mass is 387 g/mol. The van der Waals surface area contributed by atoms with E-state index in [4.69, 9.17) is 21.1 Å². The van der Waals surface area contributed by atoms with E-state index in [1.165, 1.54) is 0 Å². The van der Waals surface area contributed by atoms with Crippen molar-refractivity contribution in [3.05, 3.63) is 64.7 Å². The van der Waals surface area contributed by atoms with Crippen LogP contribution in [0, 0.1) is 0 Å². The number of halogens is 1. The van der Waals surface area contributed by atoms with Gasteiger partial charge in [-0.25, -0.2) is 0 Å². The number of carbonyl (C=O) groups excluding carboxylic acids is 2. The first kappa shape index (κ1) is 19.4. The number of ether oxygens (including phenoxy) is 2. The molecule has 1 unspecified atom stereocenters. The molecule has 0 spiro atoms. The van der Waals surface area contributed by atoms with Crippen LogP contribution in [0.3, 0.4) is 0 Å². The maximum absolute atomic E-state index is 12.6. The van der Waals surface area contributed by atoms with Gasteiger partial charge in [-0.05, 0) is 30.3 Å². The standard InChI is InChI=1S/C21H22ClNO4/c1-26-16-8-6-15(7-9-16)19(24)10-11-21(25)23-12-13-27-20(14-23)17-4-2-3-5-18(17)22/h2-9,20H,10-14H2,1H3. The SMILES string of the molecule is COc1ccc(C(=O)CCC(=O)N2CCOC(c3ccccc3Cl)C2)cc1. The van der Waals surface area contributed by atoms with Crippen molar-refractivity contribution in [2.45, 2.75) is 18.9 Å². The molecule has 1 aliphatic heterocycles. The van der Waals surface area contributed by atoms with E-state index in [2.05, 4.69) is 0 Å². The molecule has 6 heteroatoms. The molecule has 2 aromatic rings. The average molecular weight is 388 g/mol. The molecule has 27 heavy (non-hydrogen) atoms. The van der Waals surface area contributed by atoms with Gasteiger partial charge in [0.25, 0.3) is 0 Å². The molecule has 1 amide bonds. The fourth-order valence-corrected chi connectivity index (χ4v) is 3.36. The lowest BCUT2D eigenvalue weighted by molar-refractivity contribution is -0.139. The maximum atomic E-state index is 12.6. The van der Waals surface area contributed by atoms with Crippen molar-refractivity contribution in [3.8, 4) is 5.75 Å². The second-order valence-corrected chi connectivity index (χ2v) is 6.78. The minimum atomic E-state index is -0.242. The molecular weight excluding hydrogens is 366 g/mol. The molecule has 5 nitrogen and oxygen atoms in total. The van der Waals surface area contributed by atoms with Gasteiger partial charge in [-0.15, -0.1) is 0 Å². The van der Waals surface area contributed by atoms with Gasteiger partial charge in [0.05, 0.1) is 20.3 Å². The molecule has 1 fully saturated rings. The number of morpholine rings is 1. The van der Waals surface area contributed by atoms with Crippen molar-refractivity contribution in [2.24, 2.45) is 0 Å². The molecule has 1 heterocycles. The van der Waals surface area contributed by atoms with Crippen LogP contribution in [0.2, 0.25) is 5.02 Å². The number of amides is 1. The van der Waals surface area contributed by atoms with E-state index >= 15 is 0 Å². The van der Waals surface area contributed by atoms with E-state index in [1.807, 2.05) is 24.3 Å². The summed E-state index contributed by atoms with van der Waals surface area (Å²) in [6.07, 6.45) is 0.119. The predicted molar refractivity (Wildman–Crippen MR) is 103 cm³/mol. The fourth-order valence-electron chi connectivity index (χ4n) is 3.10. The summed E-state index contributed by atoms with van der Waals surface area (Å²) in [5, 5.41) is 0.631. The number of methoxy groups -OCH3 is 1. The van der Waals surface area contributed by atoms with Crippen molar-refractivity contribution in [2.75, 3.05) is 26.8 Å². The first-order valence-corrected chi connectivity index (χ1v) is 9.27. The summed E-state index contributed by atoms with van der Waals surface area (Å²) in [5.41, 5.74) is 1.46. The normalized spacial score (nSPS) is 16.8. The van der Waals surface area contributed by atoms with E-state index in [9.17, 15) is 9.59 Å². The van der Waals surface area contributed by atoms with Crippen molar-refractivity contribution >= 4 is 23.3 Å². The Morgan fingerprint density at radius 2 is 1.89 bits per heavy atom. The van der Waals surface area contributed by atoms with E-state index in [1.54, 1.807) is 36.3 Å². The van der Waals surface area contributed by atoms with Crippen LogP contribution in [0.15, 0.2) is 48.5 Å². The Morgan fingerprint density at radius 3 is 2.59 bits per heavy atom. The lowest BCUT2D eigenvalue weighted by Gasteiger charge is -2.33. The van der Waals surface area contributed by atoms with Gasteiger partial charge in [-0.2, -0.15) is 0 Å². The first-order chi connectivity index (χ1) is 13.1. The average Bonchev–Trinajstić information content (AvgIpc) is 2.72. The quantitative estimate of drug-likeness (QED) is 0.705. The van der Waals surface area contributed by atoms with Crippen LogP contribution in [0.4, 0.5) is 0 Å². The summed E-state index contributed by atoms with van der Waals surface area (Å²) in [6.45, 7) is 1.42. The third-order valence-electron chi connectivity index (χ3n) is 4.65. The number of Topliss-reactive ketones (excluding diaryl/α,β-unsaturated/α-hetero) is 1. The van der Waals surface area contributed by atoms with Crippen molar-refractivity contribution in [1.29, 1.82) is 0 Å². The van der Waals surface area contributed by atoms with Crippen molar-refractivity contribution in [3.63, 3.8) is 0 Å². The Bertz CT molecular complexity index is 806. The highest BCUT2D eigenvalue weighted by atomic mass is 35.5. The number of hydrogen-bond donors (Lipinski definition) is 0. The van der Waals surface area contributed by atoms with Gasteiger partial charge in [-0.3, -0.25) is 9.59 Å². The summed E-state index contributed by atoms with van der Waals surface area (Å²) in [7, 11) is 1.58. The maximum Gasteiger partial charge on any atom is 0.223 e. The first-order valence-electron chi connectivity index (χ1n) is 8.89. The Kier molecular flexibility index (Phi) is 6.48. The van der Waals surface area contributed by atoms with Crippen LogP contribution in [0.1, 0.15) is 34.9 Å². The van der Waals surface area contributed by atoms with Gasteiger partial charge in [0.1, 0.15) is 11.9 Å². The predicted octanol–water partition coefficient (Wildman–Crippen LogP) is 3.91. The largest absolute Gasteiger partial charge is 0.497 e. The number of hydrogen-bond acceptors (Lipinski definition) is 4. The fraction of sp³-hybridized carbons (Fsp3) is 0.333. The zero-order valence-corrected chi connectivity index (χ0v) is 15.9. The molecule has 1 atom stereocenters. The van der Waals surface area contributed by atoms with Crippen LogP contribution in [-0.4, -0.2) is 43.4 Å². The van der Waals surface area contributed by atoms with Crippen molar-refractivity contribution in [1.82, 2.24) is 4.90 Å². The topological polar surface area (TPSA) is 55.8 Å². The minimum Gasteiger partial charge on any atom is -0.497 e. The van der Waals surface area contributed by atoms with Gasteiger partial charge >= 0.3 is 0 Å². The zero-order valence-electron chi connectivity index (χ0n) is 15.2. The number of ketones is 1. The molecule has 0 aliphatic carbocycles. The lowest BCUT2D eigenvalue weighted by atomic mass is 10.0. The molecule has 0 radical (unpaired) electrons. The molecule has 1 saturated heterocycles. The highest BCUT2D eigenvalue weighted by Crippen LogP contribution is 2.28. The van der Waals surface area contributed by atoms with E-state index in [-0.39, 0.29) is 30.6 Å². The van der Waals surface area contributed by atoms with Gasteiger partial charge in [0.2, 0.25) is 5.91 Å². The van der Waals surface area contributed by atoms with E-state index < -0.39 is 0 Å². The second kappa shape index (κ2) is 9.02. The number of nitrogens with zero attached hydrogens (tertiary/aromatic N) is 1. The number of benzene rings is 2. The molecule has 0 aromatic heterocycles. The molecular formula is C21H22ClNO4. The minimum absolute atomic E-state index is 0.0442. The summed E-state index contributed by atoms with van der Waals surface area (Å²) < 4.78 is 10.9. The molecule has 0 saturated carbocycles. The Morgan fingerprint density at radius 1 is 1.15 bits per heavy atom. The zero-order chi connectivity index (χ0) is 19.2. The van der Waals surface area contributed by atoms with Crippen LogP contribution in [-0.2, 0) is 9.53 Å². The van der Waals surface area contributed by atoms with Crippen LogP contribution >= 0.6 is 11.6 Å². The second-order valence-electron chi connectivity index (χ2n) is 6.37. The van der Waals surface area contributed by atoms with E-state index in [0.717, 1.165) is 5.56 Å². The van der Waals surface area contributed by atoms with Crippen LogP contribution < -0.4 is 4.74 Å². The highest BCUT2D eigenvalue weighted by molar-refractivity contribution is 6.31. The summed E-state index contributed by atoms with van der Waals surface area (Å²) in [6, 6.07) is 14.4. The third kappa shape index (κ3) is 4.87. The lowest BCUT2D eigenvalue weighted by Crippen LogP contribution is -2.42. The van der Waals surface area contributed by atoms with Crippen LogP contribution in [0.5, 0.6) is 5.75 Å². The third-order valence-corrected chi connectivity index (χ3v) is 4.99. The molecule has 0 N–H and O–H groups in total. The highest BCUT2D eigenvalue weighted by Gasteiger charge is 2.26. The smallest absolute Gasteiger partial charge is 0.223 e. The Balaban J connectivity index is 1.55. The molecule has 1 aliphatic rings. The van der Waals surface area contributed by atoms with Crippen molar-refractivity contribution < 1.29 is 19.1 Å². The Hall–Kier alpha value is -2.37. The van der Waals surface area contributed by atoms with E-state index in [0.29, 0.717) is 36.0 Å². The summed E-state index contributed by atoms with van der Waals surface area (Å²) in [4.78, 5) is 26.6. The number of rotatable bonds is 6.